The monoisotopic (exact) mass is 362 g/mol. The number of halogens is 1. The zero-order chi connectivity index (χ0) is 16.8. The van der Waals surface area contributed by atoms with Crippen LogP contribution < -0.4 is 4.72 Å². The van der Waals surface area contributed by atoms with Crippen LogP contribution in [0.3, 0.4) is 0 Å². The molecule has 1 aromatic rings. The maximum atomic E-state index is 12.1. The molecule has 0 saturated carbocycles. The lowest BCUT2D eigenvalue weighted by atomic mass is 10.3. The molecule has 0 aliphatic rings. The largest absolute Gasteiger partial charge is 0.281 e. The number of nitrogens with zero attached hydrogens (tertiary/aromatic N) is 1. The Morgan fingerprint density at radius 1 is 1.32 bits per heavy atom. The molecule has 0 aliphatic carbocycles. The Hall–Kier alpha value is -1.56. The summed E-state index contributed by atoms with van der Waals surface area (Å²) in [5.74, 6) is -0.137. The molecule has 120 valence electrons. The molecule has 0 radical (unpaired) electrons. The Morgan fingerprint density at radius 3 is 2.59 bits per heavy atom. The van der Waals surface area contributed by atoms with E-state index in [-0.39, 0.29) is 21.4 Å². The van der Waals surface area contributed by atoms with E-state index in [0.29, 0.717) is 18.2 Å². The van der Waals surface area contributed by atoms with Crippen molar-refractivity contribution in [2.45, 2.75) is 24.7 Å². The second kappa shape index (κ2) is 7.63. The Kier molecular flexibility index (Phi) is 6.41. The molecule has 1 aromatic carbocycles. The molecule has 0 fully saturated rings. The highest BCUT2D eigenvalue weighted by Gasteiger charge is 2.21. The summed E-state index contributed by atoms with van der Waals surface area (Å²) in [6.45, 7) is 1.84. The van der Waals surface area contributed by atoms with Crippen molar-refractivity contribution in [3.63, 3.8) is 0 Å². The minimum atomic E-state index is -3.98. The molecule has 0 saturated heterocycles. The fraction of sp³-hybridized carbons (Fsp3) is 0.308. The van der Waals surface area contributed by atoms with Crippen LogP contribution in [0.2, 0.25) is 5.02 Å². The van der Waals surface area contributed by atoms with Gasteiger partial charge in [-0.15, -0.1) is 0 Å². The van der Waals surface area contributed by atoms with Gasteiger partial charge in [0.25, 0.3) is 0 Å². The summed E-state index contributed by atoms with van der Waals surface area (Å²) in [7, 11) is -7.69. The lowest BCUT2D eigenvalue weighted by Crippen LogP contribution is -2.18. The van der Waals surface area contributed by atoms with E-state index in [1.165, 1.54) is 18.2 Å². The van der Waals surface area contributed by atoms with Gasteiger partial charge >= 0.3 is 0 Å². The lowest BCUT2D eigenvalue weighted by molar-refractivity contribution is 0.597. The molecule has 1 N–H and O–H groups in total. The fourth-order valence-corrected chi connectivity index (χ4v) is 4.38. The number of unbranched alkanes of at least 4 members (excludes halogenated alkanes) is 1. The molecule has 0 aromatic heterocycles. The van der Waals surface area contributed by atoms with Crippen LogP contribution >= 0.6 is 11.6 Å². The van der Waals surface area contributed by atoms with Gasteiger partial charge in [-0.3, -0.25) is 4.72 Å². The van der Waals surface area contributed by atoms with Gasteiger partial charge in [0.2, 0.25) is 19.9 Å². The van der Waals surface area contributed by atoms with Gasteiger partial charge in [0.05, 0.1) is 27.4 Å². The van der Waals surface area contributed by atoms with Crippen molar-refractivity contribution in [3.8, 4) is 6.07 Å². The summed E-state index contributed by atoms with van der Waals surface area (Å²) in [5, 5.41) is 9.11. The number of rotatable bonds is 7. The highest BCUT2D eigenvalue weighted by molar-refractivity contribution is 7.95. The molecular formula is C13H15ClN2O4S2. The fourth-order valence-electron chi connectivity index (χ4n) is 1.57. The Balaban J connectivity index is 3.33. The average Bonchev–Trinajstić information content (AvgIpc) is 2.45. The molecule has 6 nitrogen and oxygen atoms in total. The number of hydrogen-bond donors (Lipinski definition) is 1. The van der Waals surface area contributed by atoms with Crippen molar-refractivity contribution in [2.75, 3.05) is 10.5 Å². The van der Waals surface area contributed by atoms with Crippen LogP contribution in [-0.2, 0) is 19.9 Å². The number of allylic oxidation sites excluding steroid dienone is 1. The third kappa shape index (κ3) is 5.02. The number of benzene rings is 1. The van der Waals surface area contributed by atoms with Crippen molar-refractivity contribution in [1.29, 1.82) is 5.26 Å². The van der Waals surface area contributed by atoms with E-state index in [4.69, 9.17) is 16.9 Å². The molecule has 0 bridgehead atoms. The Bertz CT molecular complexity index is 809. The highest BCUT2D eigenvalue weighted by Crippen LogP contribution is 2.31. The SMILES string of the molecule is CCCCS(=O)(=O)Nc1c(Cl)cccc1S(=O)(=O)C=CC#N. The summed E-state index contributed by atoms with van der Waals surface area (Å²) in [5.41, 5.74) is -0.206. The first-order chi connectivity index (χ1) is 10.2. The molecule has 22 heavy (non-hydrogen) atoms. The number of sulfone groups is 1. The summed E-state index contributed by atoms with van der Waals surface area (Å²) in [6.07, 6.45) is 1.92. The van der Waals surface area contributed by atoms with Crippen molar-refractivity contribution >= 4 is 37.1 Å². The zero-order valence-electron chi connectivity index (χ0n) is 11.8. The summed E-state index contributed by atoms with van der Waals surface area (Å²) >= 11 is 5.93. The van der Waals surface area contributed by atoms with Crippen LogP contribution in [0.1, 0.15) is 19.8 Å². The molecule has 9 heteroatoms. The standard InChI is InChI=1S/C13H15ClN2O4S2/c1-2-3-10-22(19,20)16-13-11(14)6-4-7-12(13)21(17,18)9-5-8-15/h4-7,9,16H,2-3,10H2,1H3. The van der Waals surface area contributed by atoms with Crippen molar-refractivity contribution in [3.05, 3.63) is 34.7 Å². The van der Waals surface area contributed by atoms with Crippen molar-refractivity contribution < 1.29 is 16.8 Å². The molecule has 1 rings (SSSR count). The Morgan fingerprint density at radius 2 is 2.00 bits per heavy atom. The number of anilines is 1. The third-order valence-corrected chi connectivity index (χ3v) is 5.73. The van der Waals surface area contributed by atoms with Gasteiger partial charge in [-0.2, -0.15) is 5.26 Å². The predicted molar refractivity (Wildman–Crippen MR) is 85.7 cm³/mol. The number of nitriles is 1. The summed E-state index contributed by atoms with van der Waals surface area (Å²) < 4.78 is 50.4. The molecular weight excluding hydrogens is 348 g/mol. The molecule has 0 unspecified atom stereocenters. The predicted octanol–water partition coefficient (Wildman–Crippen LogP) is 2.69. The number of hydrogen-bond acceptors (Lipinski definition) is 5. The topological polar surface area (TPSA) is 104 Å². The van der Waals surface area contributed by atoms with Gasteiger partial charge in [-0.25, -0.2) is 16.8 Å². The van der Waals surface area contributed by atoms with Gasteiger partial charge < -0.3 is 0 Å². The van der Waals surface area contributed by atoms with Crippen LogP contribution in [0, 0.1) is 11.3 Å². The average molecular weight is 363 g/mol. The molecule has 0 spiro atoms. The third-order valence-electron chi connectivity index (χ3n) is 2.63. The van der Waals surface area contributed by atoms with Crippen LogP contribution in [0.25, 0.3) is 0 Å². The van der Waals surface area contributed by atoms with Crippen molar-refractivity contribution in [1.82, 2.24) is 0 Å². The van der Waals surface area contributed by atoms with Crippen LogP contribution in [0.5, 0.6) is 0 Å². The van der Waals surface area contributed by atoms with Crippen LogP contribution in [-0.4, -0.2) is 22.6 Å². The van der Waals surface area contributed by atoms with E-state index in [0.717, 1.165) is 6.08 Å². The van der Waals surface area contributed by atoms with E-state index in [1.54, 1.807) is 6.07 Å². The maximum absolute atomic E-state index is 12.1. The molecule has 0 heterocycles. The molecule has 0 aliphatic heterocycles. The van der Waals surface area contributed by atoms with E-state index in [9.17, 15) is 16.8 Å². The summed E-state index contributed by atoms with van der Waals surface area (Å²) in [6, 6.07) is 5.56. The second-order valence-electron chi connectivity index (χ2n) is 4.36. The number of para-hydroxylation sites is 1. The second-order valence-corrected chi connectivity index (χ2v) is 8.42. The number of sulfonamides is 1. The number of nitrogens with one attached hydrogen (secondary N) is 1. The van der Waals surface area contributed by atoms with Crippen LogP contribution in [0.15, 0.2) is 34.6 Å². The maximum Gasteiger partial charge on any atom is 0.232 e. The lowest BCUT2D eigenvalue weighted by Gasteiger charge is -2.13. The van der Waals surface area contributed by atoms with Gasteiger partial charge in [0.1, 0.15) is 0 Å². The van der Waals surface area contributed by atoms with Gasteiger partial charge in [-0.05, 0) is 18.6 Å². The zero-order valence-corrected chi connectivity index (χ0v) is 14.2. The molecule has 0 amide bonds. The van der Waals surface area contributed by atoms with Gasteiger partial charge in [-0.1, -0.05) is 31.0 Å². The first-order valence-electron chi connectivity index (χ1n) is 6.34. The first kappa shape index (κ1) is 18.5. The first-order valence-corrected chi connectivity index (χ1v) is 9.91. The van der Waals surface area contributed by atoms with E-state index in [2.05, 4.69) is 4.72 Å². The Labute approximate surface area is 135 Å². The minimum absolute atomic E-state index is 0.0356. The van der Waals surface area contributed by atoms with Crippen LogP contribution in [0.4, 0.5) is 5.69 Å². The van der Waals surface area contributed by atoms with Gasteiger partial charge in [0.15, 0.2) is 0 Å². The van der Waals surface area contributed by atoms with Gasteiger partial charge in [0, 0.05) is 11.5 Å². The van der Waals surface area contributed by atoms with E-state index < -0.39 is 19.9 Å². The smallest absolute Gasteiger partial charge is 0.232 e. The quantitative estimate of drug-likeness (QED) is 0.751. The molecule has 0 atom stereocenters. The highest BCUT2D eigenvalue weighted by atomic mass is 35.5. The van der Waals surface area contributed by atoms with E-state index in [1.807, 2.05) is 6.92 Å². The van der Waals surface area contributed by atoms with E-state index >= 15 is 0 Å². The summed E-state index contributed by atoms with van der Waals surface area (Å²) in [4.78, 5) is -0.299. The van der Waals surface area contributed by atoms with Crippen molar-refractivity contribution in [2.24, 2.45) is 0 Å². The normalized spacial score (nSPS) is 12.2. The minimum Gasteiger partial charge on any atom is -0.281 e.